The van der Waals surface area contributed by atoms with Gasteiger partial charge >= 0.3 is 5.69 Å². The number of nitrogens with one attached hydrogen (secondary N) is 1. The minimum Gasteiger partial charge on any atom is -0.347 e. The molecule has 5 nitrogen and oxygen atoms in total. The number of nitrogens with zero attached hydrogens (tertiary/aromatic N) is 2. The quantitative estimate of drug-likeness (QED) is 0.920. The van der Waals surface area contributed by atoms with Gasteiger partial charge in [-0.1, -0.05) is 18.9 Å². The van der Waals surface area contributed by atoms with Gasteiger partial charge in [-0.15, -0.1) is 11.3 Å². The number of carbonyl (C=O) groups excluding carboxylic acids is 1. The number of hydrogen-bond donors (Lipinski definition) is 1. The van der Waals surface area contributed by atoms with E-state index in [9.17, 15) is 9.59 Å². The summed E-state index contributed by atoms with van der Waals surface area (Å²) in [5.74, 6) is 0.355. The van der Waals surface area contributed by atoms with E-state index in [-0.39, 0.29) is 18.5 Å². The summed E-state index contributed by atoms with van der Waals surface area (Å²) >= 11 is 1.67. The van der Waals surface area contributed by atoms with E-state index >= 15 is 0 Å². The fourth-order valence-electron chi connectivity index (χ4n) is 3.06. The molecule has 3 rings (SSSR count). The maximum atomic E-state index is 12.3. The van der Waals surface area contributed by atoms with Crippen molar-refractivity contribution in [3.05, 3.63) is 51.3 Å². The van der Waals surface area contributed by atoms with Gasteiger partial charge in [0.25, 0.3) is 0 Å². The van der Waals surface area contributed by atoms with Crippen LogP contribution in [0.5, 0.6) is 0 Å². The zero-order valence-electron chi connectivity index (χ0n) is 12.3. The van der Waals surface area contributed by atoms with Crippen LogP contribution in [0.2, 0.25) is 0 Å². The Morgan fingerprint density at radius 3 is 2.91 bits per heavy atom. The number of carbonyl (C=O) groups is 1. The third-order valence-electron chi connectivity index (χ3n) is 4.13. The van der Waals surface area contributed by atoms with E-state index in [0.29, 0.717) is 5.92 Å². The molecule has 0 saturated heterocycles. The summed E-state index contributed by atoms with van der Waals surface area (Å²) in [6, 6.07) is 5.80. The third kappa shape index (κ3) is 3.44. The molecule has 2 aromatic heterocycles. The van der Waals surface area contributed by atoms with Crippen LogP contribution in [0.1, 0.15) is 36.6 Å². The highest BCUT2D eigenvalue weighted by Gasteiger charge is 2.28. The summed E-state index contributed by atoms with van der Waals surface area (Å²) in [4.78, 5) is 28.8. The van der Waals surface area contributed by atoms with Crippen LogP contribution < -0.4 is 11.0 Å². The molecule has 0 unspecified atom stereocenters. The summed E-state index contributed by atoms with van der Waals surface area (Å²) < 4.78 is 1.33. The first kappa shape index (κ1) is 15.0. The van der Waals surface area contributed by atoms with Crippen LogP contribution in [0.15, 0.2) is 40.8 Å². The van der Waals surface area contributed by atoms with Gasteiger partial charge in [-0.2, -0.15) is 0 Å². The third-order valence-corrected chi connectivity index (χ3v) is 5.09. The van der Waals surface area contributed by atoms with Crippen molar-refractivity contribution in [1.82, 2.24) is 14.9 Å². The highest BCUT2D eigenvalue weighted by molar-refractivity contribution is 7.10. The lowest BCUT2D eigenvalue weighted by molar-refractivity contribution is -0.122. The molecular weight excluding hydrogens is 298 g/mol. The van der Waals surface area contributed by atoms with Gasteiger partial charge in [-0.25, -0.2) is 9.78 Å². The van der Waals surface area contributed by atoms with Crippen molar-refractivity contribution in [2.24, 2.45) is 5.92 Å². The van der Waals surface area contributed by atoms with Crippen molar-refractivity contribution >= 4 is 17.2 Å². The van der Waals surface area contributed by atoms with Crippen LogP contribution in [0.3, 0.4) is 0 Å². The molecule has 1 atom stereocenters. The zero-order valence-corrected chi connectivity index (χ0v) is 13.1. The molecule has 0 spiro atoms. The average Bonchev–Trinajstić information content (AvgIpc) is 3.21. The topological polar surface area (TPSA) is 64.0 Å². The number of hydrogen-bond acceptors (Lipinski definition) is 4. The molecule has 2 heterocycles. The predicted molar refractivity (Wildman–Crippen MR) is 85.7 cm³/mol. The molecule has 0 radical (unpaired) electrons. The average molecular weight is 317 g/mol. The van der Waals surface area contributed by atoms with Crippen molar-refractivity contribution in [2.45, 2.75) is 38.3 Å². The maximum absolute atomic E-state index is 12.3. The molecule has 6 heteroatoms. The van der Waals surface area contributed by atoms with E-state index in [0.717, 1.165) is 12.8 Å². The van der Waals surface area contributed by atoms with Crippen molar-refractivity contribution in [3.63, 3.8) is 0 Å². The first-order valence-corrected chi connectivity index (χ1v) is 8.46. The van der Waals surface area contributed by atoms with Gasteiger partial charge in [0.2, 0.25) is 5.91 Å². The molecule has 1 N–H and O–H groups in total. The number of aromatic nitrogens is 2. The van der Waals surface area contributed by atoms with E-state index in [1.54, 1.807) is 23.6 Å². The molecule has 116 valence electrons. The normalized spacial score (nSPS) is 16.5. The van der Waals surface area contributed by atoms with E-state index in [2.05, 4.69) is 16.4 Å². The van der Waals surface area contributed by atoms with Gasteiger partial charge in [0.1, 0.15) is 6.54 Å². The molecule has 1 aliphatic carbocycles. The lowest BCUT2D eigenvalue weighted by atomic mass is 9.96. The molecule has 2 aromatic rings. The molecule has 0 aromatic carbocycles. The lowest BCUT2D eigenvalue weighted by Gasteiger charge is -2.24. The Labute approximate surface area is 133 Å². The Balaban J connectivity index is 1.71. The lowest BCUT2D eigenvalue weighted by Crippen LogP contribution is -2.37. The van der Waals surface area contributed by atoms with Crippen molar-refractivity contribution in [3.8, 4) is 0 Å². The molecular formula is C16H19N3O2S. The van der Waals surface area contributed by atoms with Crippen LogP contribution in [-0.2, 0) is 11.3 Å². The molecule has 0 aliphatic heterocycles. The second kappa shape index (κ2) is 6.87. The van der Waals surface area contributed by atoms with Crippen LogP contribution in [0, 0.1) is 5.92 Å². The monoisotopic (exact) mass is 317 g/mol. The van der Waals surface area contributed by atoms with Crippen LogP contribution in [-0.4, -0.2) is 15.5 Å². The van der Waals surface area contributed by atoms with Crippen LogP contribution in [0.4, 0.5) is 0 Å². The number of thiophene rings is 1. The van der Waals surface area contributed by atoms with Crippen LogP contribution >= 0.6 is 11.3 Å². The fourth-order valence-corrected chi connectivity index (χ4v) is 3.93. The first-order valence-electron chi connectivity index (χ1n) is 7.58. The molecule has 1 saturated carbocycles. The van der Waals surface area contributed by atoms with Crippen molar-refractivity contribution in [2.75, 3.05) is 0 Å². The summed E-state index contributed by atoms with van der Waals surface area (Å²) in [6.45, 7) is 0.0151. The standard InChI is InChI=1S/C16H19N3O2S/c20-14(11-19-9-4-8-17-16(19)21)18-15(12-5-1-2-6-12)13-7-3-10-22-13/h3-4,7-10,12,15H,1-2,5-6,11H2,(H,18,20)/t15-/m0/s1. The first-order chi connectivity index (χ1) is 10.7. The Morgan fingerprint density at radius 1 is 1.41 bits per heavy atom. The van der Waals surface area contributed by atoms with E-state index in [4.69, 9.17) is 0 Å². The van der Waals surface area contributed by atoms with Gasteiger partial charge in [-0.05, 0) is 36.3 Å². The predicted octanol–water partition coefficient (Wildman–Crippen LogP) is 2.35. The van der Waals surface area contributed by atoms with E-state index in [1.165, 1.54) is 28.5 Å². The highest BCUT2D eigenvalue weighted by Crippen LogP contribution is 2.37. The van der Waals surface area contributed by atoms with Crippen LogP contribution in [0.25, 0.3) is 0 Å². The van der Waals surface area contributed by atoms with Gasteiger partial charge in [-0.3, -0.25) is 9.36 Å². The van der Waals surface area contributed by atoms with Gasteiger partial charge < -0.3 is 5.32 Å². The van der Waals surface area contributed by atoms with Gasteiger partial charge in [0.15, 0.2) is 0 Å². The Bertz CT molecular complexity index is 675. The second-order valence-electron chi connectivity index (χ2n) is 5.64. The Morgan fingerprint density at radius 2 is 2.23 bits per heavy atom. The van der Waals surface area contributed by atoms with Crippen molar-refractivity contribution in [1.29, 1.82) is 0 Å². The fraction of sp³-hybridized carbons (Fsp3) is 0.438. The second-order valence-corrected chi connectivity index (χ2v) is 6.61. The molecule has 22 heavy (non-hydrogen) atoms. The molecule has 1 fully saturated rings. The van der Waals surface area contributed by atoms with E-state index < -0.39 is 5.69 Å². The smallest absolute Gasteiger partial charge is 0.347 e. The summed E-state index contributed by atoms with van der Waals surface area (Å²) in [6.07, 6.45) is 7.77. The SMILES string of the molecule is O=C(Cn1cccnc1=O)N[C@H](c1cccs1)C1CCCC1. The number of amides is 1. The maximum Gasteiger partial charge on any atom is 0.347 e. The summed E-state index contributed by atoms with van der Waals surface area (Å²) in [5.41, 5.74) is -0.397. The molecule has 1 amide bonds. The minimum atomic E-state index is -0.397. The highest BCUT2D eigenvalue weighted by atomic mass is 32.1. The van der Waals surface area contributed by atoms with Gasteiger partial charge in [0, 0.05) is 17.3 Å². The summed E-state index contributed by atoms with van der Waals surface area (Å²) in [7, 11) is 0. The van der Waals surface area contributed by atoms with E-state index in [1.807, 2.05) is 11.4 Å². The number of rotatable bonds is 5. The molecule has 1 aliphatic rings. The molecule has 0 bridgehead atoms. The Kier molecular flexibility index (Phi) is 4.68. The minimum absolute atomic E-state index is 0.0151. The zero-order chi connectivity index (χ0) is 15.4. The Hall–Kier alpha value is -1.95. The summed E-state index contributed by atoms with van der Waals surface area (Å²) in [5, 5.41) is 5.16. The largest absolute Gasteiger partial charge is 0.347 e. The van der Waals surface area contributed by atoms with Crippen molar-refractivity contribution < 1.29 is 4.79 Å². The van der Waals surface area contributed by atoms with Gasteiger partial charge in [0.05, 0.1) is 6.04 Å².